The highest BCUT2D eigenvalue weighted by Crippen LogP contribution is 2.36. The summed E-state index contributed by atoms with van der Waals surface area (Å²) in [5, 5.41) is 11.1. The van der Waals surface area contributed by atoms with Crippen molar-refractivity contribution in [2.45, 2.75) is 13.1 Å². The molecule has 1 rings (SSSR count). The maximum atomic E-state index is 12.7. The van der Waals surface area contributed by atoms with Gasteiger partial charge in [-0.1, -0.05) is 18.5 Å². The number of hydrogen-bond acceptors (Lipinski definition) is 2. The van der Waals surface area contributed by atoms with E-state index in [0.29, 0.717) is 0 Å². The Morgan fingerprint density at radius 2 is 2.11 bits per heavy atom. The third-order valence-electron chi connectivity index (χ3n) is 2.31. The normalized spacial score (nSPS) is 13.2. The maximum absolute atomic E-state index is 12.7. The molecular weight excluding hydrogens is 271 g/mol. The average molecular weight is 282 g/mol. The number of nitrogens with one attached hydrogen (secondary N) is 1. The van der Waals surface area contributed by atoms with Crippen LogP contribution in [0, 0.1) is 5.92 Å². The summed E-state index contributed by atoms with van der Waals surface area (Å²) in [6.07, 6.45) is -4.54. The van der Waals surface area contributed by atoms with Gasteiger partial charge in [-0.2, -0.15) is 13.2 Å². The van der Waals surface area contributed by atoms with Crippen LogP contribution < -0.4 is 5.32 Å². The van der Waals surface area contributed by atoms with Gasteiger partial charge < -0.3 is 10.4 Å². The molecular formula is C11H11ClF3NO2. The van der Waals surface area contributed by atoms with E-state index in [1.165, 1.54) is 19.1 Å². The lowest BCUT2D eigenvalue weighted by Gasteiger charge is -2.16. The second kappa shape index (κ2) is 5.48. The van der Waals surface area contributed by atoms with Gasteiger partial charge in [0, 0.05) is 17.3 Å². The van der Waals surface area contributed by atoms with Gasteiger partial charge in [-0.3, -0.25) is 4.79 Å². The van der Waals surface area contributed by atoms with Crippen LogP contribution in [-0.2, 0) is 11.0 Å². The van der Waals surface area contributed by atoms with Crippen LogP contribution in [0.4, 0.5) is 18.9 Å². The number of halogens is 4. The monoisotopic (exact) mass is 281 g/mol. The van der Waals surface area contributed by atoms with Crippen molar-refractivity contribution in [2.24, 2.45) is 5.92 Å². The predicted molar refractivity (Wildman–Crippen MR) is 61.7 cm³/mol. The van der Waals surface area contributed by atoms with E-state index >= 15 is 0 Å². The van der Waals surface area contributed by atoms with Gasteiger partial charge in [-0.25, -0.2) is 0 Å². The summed E-state index contributed by atoms with van der Waals surface area (Å²) >= 11 is 5.51. The van der Waals surface area contributed by atoms with Crippen LogP contribution in [0.5, 0.6) is 0 Å². The smallest absolute Gasteiger partial charge is 0.418 e. The van der Waals surface area contributed by atoms with E-state index in [1.807, 2.05) is 0 Å². The molecule has 0 aliphatic carbocycles. The van der Waals surface area contributed by atoms with Gasteiger partial charge in [0.15, 0.2) is 0 Å². The first-order valence-electron chi connectivity index (χ1n) is 5.05. The number of aliphatic carboxylic acids is 1. The van der Waals surface area contributed by atoms with Gasteiger partial charge in [0.25, 0.3) is 0 Å². The highest BCUT2D eigenvalue weighted by Gasteiger charge is 2.33. The molecule has 7 heteroatoms. The van der Waals surface area contributed by atoms with Gasteiger partial charge in [0.2, 0.25) is 0 Å². The van der Waals surface area contributed by atoms with Gasteiger partial charge in [-0.05, 0) is 18.2 Å². The Hall–Kier alpha value is -1.43. The Bertz CT molecular complexity index is 448. The Morgan fingerprint density at radius 1 is 1.50 bits per heavy atom. The molecule has 0 aromatic heterocycles. The molecule has 0 spiro atoms. The van der Waals surface area contributed by atoms with Crippen LogP contribution >= 0.6 is 11.6 Å². The second-order valence-electron chi connectivity index (χ2n) is 3.81. The lowest BCUT2D eigenvalue weighted by atomic mass is 10.1. The van der Waals surface area contributed by atoms with Crippen LogP contribution in [0.15, 0.2) is 18.2 Å². The maximum Gasteiger partial charge on any atom is 0.418 e. The van der Waals surface area contributed by atoms with Crippen molar-refractivity contribution in [3.63, 3.8) is 0 Å². The predicted octanol–water partition coefficient (Wildman–Crippen LogP) is 3.49. The summed E-state index contributed by atoms with van der Waals surface area (Å²) in [5.74, 6) is -1.87. The summed E-state index contributed by atoms with van der Waals surface area (Å²) in [6, 6.07) is 3.29. The van der Waals surface area contributed by atoms with E-state index in [2.05, 4.69) is 5.32 Å². The molecule has 0 saturated carbocycles. The lowest BCUT2D eigenvalue weighted by molar-refractivity contribution is -0.140. The molecule has 0 radical (unpaired) electrons. The molecule has 0 fully saturated rings. The van der Waals surface area contributed by atoms with Crippen LogP contribution in [0.2, 0.25) is 5.02 Å². The number of benzene rings is 1. The van der Waals surface area contributed by atoms with E-state index in [0.717, 1.165) is 6.07 Å². The summed E-state index contributed by atoms with van der Waals surface area (Å²) < 4.78 is 38.1. The molecule has 1 unspecified atom stereocenters. The zero-order valence-electron chi connectivity index (χ0n) is 9.38. The minimum Gasteiger partial charge on any atom is -0.481 e. The van der Waals surface area contributed by atoms with E-state index < -0.39 is 23.6 Å². The van der Waals surface area contributed by atoms with E-state index in [-0.39, 0.29) is 17.3 Å². The van der Waals surface area contributed by atoms with Crippen molar-refractivity contribution in [1.82, 2.24) is 0 Å². The van der Waals surface area contributed by atoms with Crippen molar-refractivity contribution in [2.75, 3.05) is 11.9 Å². The Balaban J connectivity index is 2.92. The fraction of sp³-hybridized carbons (Fsp3) is 0.364. The molecule has 0 heterocycles. The molecule has 1 aromatic carbocycles. The van der Waals surface area contributed by atoms with Crippen LogP contribution in [0.25, 0.3) is 0 Å². The van der Waals surface area contributed by atoms with Gasteiger partial charge in [0.05, 0.1) is 11.5 Å². The number of alkyl halides is 3. The van der Waals surface area contributed by atoms with Crippen molar-refractivity contribution in [3.8, 4) is 0 Å². The number of carbonyl (C=O) groups is 1. The van der Waals surface area contributed by atoms with Gasteiger partial charge in [-0.15, -0.1) is 0 Å². The first-order valence-corrected chi connectivity index (χ1v) is 5.43. The molecule has 0 aliphatic rings. The number of carboxylic acid groups (broad SMARTS) is 1. The van der Waals surface area contributed by atoms with Gasteiger partial charge in [0.1, 0.15) is 0 Å². The Labute approximate surface area is 107 Å². The van der Waals surface area contributed by atoms with Crippen molar-refractivity contribution < 1.29 is 23.1 Å². The molecule has 0 aliphatic heterocycles. The van der Waals surface area contributed by atoms with E-state index in [9.17, 15) is 18.0 Å². The molecule has 1 atom stereocenters. The zero-order chi connectivity index (χ0) is 13.9. The number of hydrogen-bond donors (Lipinski definition) is 2. The highest BCUT2D eigenvalue weighted by atomic mass is 35.5. The first kappa shape index (κ1) is 14.6. The molecule has 3 nitrogen and oxygen atoms in total. The number of anilines is 1. The van der Waals surface area contributed by atoms with E-state index in [1.54, 1.807) is 0 Å². The molecule has 2 N–H and O–H groups in total. The third kappa shape index (κ3) is 3.80. The minimum absolute atomic E-state index is 0.0286. The third-order valence-corrected chi connectivity index (χ3v) is 2.54. The summed E-state index contributed by atoms with van der Waals surface area (Å²) in [6.45, 7) is 1.30. The zero-order valence-corrected chi connectivity index (χ0v) is 10.1. The van der Waals surface area contributed by atoms with Crippen LogP contribution in [0.3, 0.4) is 0 Å². The fourth-order valence-corrected chi connectivity index (χ4v) is 1.43. The standard InChI is InChI=1S/C11H11ClF3NO2/c1-6(10(17)18)5-16-9-3-2-7(12)4-8(9)11(13,14)15/h2-4,6,16H,5H2,1H3,(H,17,18). The Kier molecular flexibility index (Phi) is 4.45. The topological polar surface area (TPSA) is 49.3 Å². The van der Waals surface area contributed by atoms with Crippen LogP contribution in [-0.4, -0.2) is 17.6 Å². The number of rotatable bonds is 4. The molecule has 18 heavy (non-hydrogen) atoms. The molecule has 100 valence electrons. The average Bonchev–Trinajstić information content (AvgIpc) is 2.25. The molecule has 0 saturated heterocycles. The second-order valence-corrected chi connectivity index (χ2v) is 4.24. The largest absolute Gasteiger partial charge is 0.481 e. The quantitative estimate of drug-likeness (QED) is 0.888. The SMILES string of the molecule is CC(CNc1ccc(Cl)cc1C(F)(F)F)C(=O)O. The van der Waals surface area contributed by atoms with Crippen molar-refractivity contribution in [1.29, 1.82) is 0 Å². The van der Waals surface area contributed by atoms with Gasteiger partial charge >= 0.3 is 12.1 Å². The highest BCUT2D eigenvalue weighted by molar-refractivity contribution is 6.30. The molecule has 0 bridgehead atoms. The number of carboxylic acids is 1. The molecule has 1 aromatic rings. The fourth-order valence-electron chi connectivity index (χ4n) is 1.26. The Morgan fingerprint density at radius 3 is 2.61 bits per heavy atom. The summed E-state index contributed by atoms with van der Waals surface area (Å²) in [5.41, 5.74) is -1.09. The van der Waals surface area contributed by atoms with Crippen molar-refractivity contribution >= 4 is 23.3 Å². The van der Waals surface area contributed by atoms with Crippen LogP contribution in [0.1, 0.15) is 12.5 Å². The van der Waals surface area contributed by atoms with E-state index in [4.69, 9.17) is 16.7 Å². The summed E-state index contributed by atoms with van der Waals surface area (Å²) in [4.78, 5) is 10.6. The minimum atomic E-state index is -4.54. The first-order chi connectivity index (χ1) is 8.21. The van der Waals surface area contributed by atoms with Crippen molar-refractivity contribution in [3.05, 3.63) is 28.8 Å². The lowest BCUT2D eigenvalue weighted by Crippen LogP contribution is -2.21. The summed E-state index contributed by atoms with van der Waals surface area (Å²) in [7, 11) is 0. The molecule has 0 amide bonds.